The molecule has 4 nitrogen and oxygen atoms in total. The van der Waals surface area contributed by atoms with E-state index < -0.39 is 17.7 Å². The molecule has 0 saturated heterocycles. The molecule has 0 aliphatic heterocycles. The van der Waals surface area contributed by atoms with E-state index in [1.807, 2.05) is 37.4 Å². The number of aryl methyl sites for hydroxylation is 2. The second-order valence-electron chi connectivity index (χ2n) is 7.30. The third kappa shape index (κ3) is 4.49. The molecule has 4 aromatic rings. The minimum Gasteiger partial charge on any atom is -0.481 e. The van der Waals surface area contributed by atoms with Crippen LogP contribution in [0.15, 0.2) is 54.7 Å². The van der Waals surface area contributed by atoms with E-state index in [0.717, 1.165) is 39.2 Å². The molecule has 4 rings (SSSR count). The van der Waals surface area contributed by atoms with Crippen LogP contribution < -0.4 is 0 Å². The first-order chi connectivity index (χ1) is 14.7. The maximum Gasteiger partial charge on any atom is 0.416 e. The van der Waals surface area contributed by atoms with Gasteiger partial charge >= 0.3 is 12.1 Å². The van der Waals surface area contributed by atoms with Crippen molar-refractivity contribution < 1.29 is 23.1 Å². The Kier molecular flexibility index (Phi) is 5.58. The minimum absolute atomic E-state index is 0.0575. The number of carbonyl (C=O) groups is 1. The number of hydrogen-bond acceptors (Lipinski definition) is 3. The van der Waals surface area contributed by atoms with Crippen molar-refractivity contribution in [2.24, 2.45) is 0 Å². The smallest absolute Gasteiger partial charge is 0.416 e. The highest BCUT2D eigenvalue weighted by molar-refractivity contribution is 7.15. The average Bonchev–Trinajstić information content (AvgIpc) is 3.30. The Labute approximate surface area is 180 Å². The van der Waals surface area contributed by atoms with E-state index in [2.05, 4.69) is 9.55 Å². The van der Waals surface area contributed by atoms with Gasteiger partial charge in [-0.05, 0) is 42.5 Å². The summed E-state index contributed by atoms with van der Waals surface area (Å²) in [6, 6.07) is 12.9. The van der Waals surface area contributed by atoms with Crippen molar-refractivity contribution in [3.8, 4) is 10.6 Å². The number of carboxylic acid groups (broad SMARTS) is 1. The molecule has 8 heteroatoms. The summed E-state index contributed by atoms with van der Waals surface area (Å²) in [6.07, 6.45) is -1.90. The van der Waals surface area contributed by atoms with Crippen molar-refractivity contribution in [2.75, 3.05) is 0 Å². The molecule has 0 aliphatic carbocycles. The van der Waals surface area contributed by atoms with E-state index in [1.165, 1.54) is 23.5 Å². The van der Waals surface area contributed by atoms with E-state index in [9.17, 15) is 18.0 Å². The van der Waals surface area contributed by atoms with Crippen LogP contribution in [0.2, 0.25) is 0 Å². The van der Waals surface area contributed by atoms with Crippen LogP contribution in [0.3, 0.4) is 0 Å². The lowest BCUT2D eigenvalue weighted by Gasteiger charge is -2.09. The lowest BCUT2D eigenvalue weighted by atomic mass is 10.1. The zero-order chi connectivity index (χ0) is 22.2. The molecular formula is C23H19F3N2O2S. The molecule has 1 N–H and O–H groups in total. The zero-order valence-electron chi connectivity index (χ0n) is 16.6. The van der Waals surface area contributed by atoms with Crippen molar-refractivity contribution in [3.05, 3.63) is 76.4 Å². The van der Waals surface area contributed by atoms with E-state index in [0.29, 0.717) is 23.5 Å². The average molecular weight is 444 g/mol. The third-order valence-electron chi connectivity index (χ3n) is 5.15. The van der Waals surface area contributed by atoms with E-state index in [-0.39, 0.29) is 6.42 Å². The molecule has 31 heavy (non-hydrogen) atoms. The summed E-state index contributed by atoms with van der Waals surface area (Å²) in [5, 5.41) is 10.7. The lowest BCUT2D eigenvalue weighted by molar-refractivity contribution is -0.138. The fraction of sp³-hybridized carbons (Fsp3) is 0.217. The molecule has 0 unspecified atom stereocenters. The van der Waals surface area contributed by atoms with Crippen LogP contribution in [0.5, 0.6) is 0 Å². The molecular weight excluding hydrogens is 425 g/mol. The minimum atomic E-state index is -4.36. The van der Waals surface area contributed by atoms with Crippen molar-refractivity contribution in [2.45, 2.75) is 32.5 Å². The van der Waals surface area contributed by atoms with E-state index in [4.69, 9.17) is 5.11 Å². The number of carboxylic acids is 1. The Morgan fingerprint density at radius 3 is 2.55 bits per heavy atom. The van der Waals surface area contributed by atoms with Gasteiger partial charge in [-0.25, -0.2) is 4.98 Å². The molecule has 0 spiro atoms. The Bertz CT molecular complexity index is 1240. The Balaban J connectivity index is 1.63. The van der Waals surface area contributed by atoms with Gasteiger partial charge in [0.05, 0.1) is 23.3 Å². The van der Waals surface area contributed by atoms with Crippen LogP contribution >= 0.6 is 11.3 Å². The number of halogens is 3. The fourth-order valence-electron chi connectivity index (χ4n) is 3.57. The first-order valence-corrected chi connectivity index (χ1v) is 10.5. The van der Waals surface area contributed by atoms with Crippen LogP contribution in [-0.2, 0) is 23.9 Å². The topological polar surface area (TPSA) is 55.1 Å². The second kappa shape index (κ2) is 8.19. The molecule has 0 atom stereocenters. The normalized spacial score (nSPS) is 11.9. The van der Waals surface area contributed by atoms with Crippen molar-refractivity contribution in [1.29, 1.82) is 0 Å². The number of fused-ring (bicyclic) bond motifs is 1. The molecule has 160 valence electrons. The summed E-state index contributed by atoms with van der Waals surface area (Å²) >= 11 is 1.45. The molecule has 0 bridgehead atoms. The number of para-hydroxylation sites is 1. The Hall–Kier alpha value is -3.13. The summed E-state index contributed by atoms with van der Waals surface area (Å²) in [5.41, 5.74) is 2.75. The monoisotopic (exact) mass is 444 g/mol. The summed E-state index contributed by atoms with van der Waals surface area (Å²) in [6.45, 7) is 2.44. The third-order valence-corrected chi connectivity index (χ3v) is 6.34. The molecule has 0 fully saturated rings. The van der Waals surface area contributed by atoms with Gasteiger partial charge in [0.25, 0.3) is 0 Å². The number of thiazole rings is 1. The number of nitrogens with zero attached hydrogens (tertiary/aromatic N) is 2. The van der Waals surface area contributed by atoms with Crippen LogP contribution in [0, 0.1) is 6.92 Å². The predicted octanol–water partition coefficient (Wildman–Crippen LogP) is 6.16. The number of alkyl halides is 3. The predicted molar refractivity (Wildman–Crippen MR) is 114 cm³/mol. The van der Waals surface area contributed by atoms with Crippen LogP contribution in [0.25, 0.3) is 21.5 Å². The number of aromatic nitrogens is 2. The molecule has 0 amide bonds. The van der Waals surface area contributed by atoms with Crippen LogP contribution in [-0.4, -0.2) is 20.6 Å². The first-order valence-electron chi connectivity index (χ1n) is 9.65. The highest BCUT2D eigenvalue weighted by Crippen LogP contribution is 2.33. The second-order valence-corrected chi connectivity index (χ2v) is 8.38. The fourth-order valence-corrected chi connectivity index (χ4v) is 4.64. The van der Waals surface area contributed by atoms with E-state index in [1.54, 1.807) is 0 Å². The first kappa shape index (κ1) is 21.1. The van der Waals surface area contributed by atoms with Gasteiger partial charge in [0, 0.05) is 23.1 Å². The van der Waals surface area contributed by atoms with E-state index >= 15 is 0 Å². The number of rotatable bonds is 6. The highest BCUT2D eigenvalue weighted by Gasteiger charge is 2.30. The van der Waals surface area contributed by atoms with Gasteiger partial charge < -0.3 is 9.67 Å². The maximum atomic E-state index is 12.8. The van der Waals surface area contributed by atoms with Gasteiger partial charge in [-0.2, -0.15) is 13.2 Å². The summed E-state index contributed by atoms with van der Waals surface area (Å²) in [4.78, 5) is 16.6. The molecule has 2 aromatic carbocycles. The Morgan fingerprint density at radius 2 is 1.87 bits per heavy atom. The molecule has 2 aromatic heterocycles. The van der Waals surface area contributed by atoms with Gasteiger partial charge in [0.1, 0.15) is 5.01 Å². The van der Waals surface area contributed by atoms with Gasteiger partial charge in [0.2, 0.25) is 0 Å². The number of benzene rings is 2. The summed E-state index contributed by atoms with van der Waals surface area (Å²) < 4.78 is 40.5. The van der Waals surface area contributed by atoms with Gasteiger partial charge in [-0.1, -0.05) is 30.3 Å². The molecule has 2 heterocycles. The van der Waals surface area contributed by atoms with Crippen molar-refractivity contribution in [3.63, 3.8) is 0 Å². The standard InChI is InChI=1S/C23H19F3N2O2S/c1-14-19(31-22(27-14)17-5-8-18(9-6-17)23(24,25)26)13-28-12-11-16-4-2-3-15(21(16)28)7-10-20(29)30/h2-6,8-9,11-12H,7,10,13H2,1H3,(H,29,30). The SMILES string of the molecule is Cc1nc(-c2ccc(C(F)(F)F)cc2)sc1Cn1ccc2cccc(CCC(=O)O)c21. The maximum absolute atomic E-state index is 12.8. The molecule has 0 aliphatic rings. The summed E-state index contributed by atoms with van der Waals surface area (Å²) in [7, 11) is 0. The van der Waals surface area contributed by atoms with Crippen molar-refractivity contribution >= 4 is 28.2 Å². The van der Waals surface area contributed by atoms with Gasteiger partial charge in [-0.3, -0.25) is 4.79 Å². The van der Waals surface area contributed by atoms with Crippen LogP contribution in [0.4, 0.5) is 13.2 Å². The highest BCUT2D eigenvalue weighted by atomic mass is 32.1. The zero-order valence-corrected chi connectivity index (χ0v) is 17.4. The van der Waals surface area contributed by atoms with Crippen LogP contribution in [0.1, 0.15) is 28.1 Å². The van der Waals surface area contributed by atoms with Crippen molar-refractivity contribution in [1.82, 2.24) is 9.55 Å². The summed E-state index contributed by atoms with van der Waals surface area (Å²) in [5.74, 6) is -0.838. The Morgan fingerprint density at radius 1 is 1.13 bits per heavy atom. The number of aliphatic carboxylic acids is 1. The lowest BCUT2D eigenvalue weighted by Crippen LogP contribution is -2.03. The molecule has 0 radical (unpaired) electrons. The van der Waals surface area contributed by atoms with Gasteiger partial charge in [0.15, 0.2) is 0 Å². The quantitative estimate of drug-likeness (QED) is 0.388. The number of hydrogen-bond donors (Lipinski definition) is 1. The largest absolute Gasteiger partial charge is 0.481 e. The molecule has 0 saturated carbocycles. The van der Waals surface area contributed by atoms with Gasteiger partial charge in [-0.15, -0.1) is 11.3 Å².